The van der Waals surface area contributed by atoms with Gasteiger partial charge in [-0.2, -0.15) is 0 Å². The minimum atomic E-state index is 0.871. The van der Waals surface area contributed by atoms with Gasteiger partial charge < -0.3 is 10.1 Å². The first-order chi connectivity index (χ1) is 8.76. The molecule has 2 aromatic rings. The first-order valence-electron chi connectivity index (χ1n) is 6.05. The molecule has 18 heavy (non-hydrogen) atoms. The number of nitrogens with zero attached hydrogens (tertiary/aromatic N) is 1. The summed E-state index contributed by atoms with van der Waals surface area (Å²) in [6.45, 7) is 2.16. The van der Waals surface area contributed by atoms with Gasteiger partial charge in [0.1, 0.15) is 5.75 Å². The van der Waals surface area contributed by atoms with E-state index in [1.165, 1.54) is 16.0 Å². The van der Waals surface area contributed by atoms with Gasteiger partial charge in [-0.05, 0) is 23.6 Å². The Balaban J connectivity index is 2.25. The Bertz CT molecular complexity index is 522. The third kappa shape index (κ3) is 2.82. The minimum Gasteiger partial charge on any atom is -0.496 e. The molecular formula is C14H18N2OS. The fourth-order valence-electron chi connectivity index (χ4n) is 1.88. The summed E-state index contributed by atoms with van der Waals surface area (Å²) in [5.41, 5.74) is 2.56. The van der Waals surface area contributed by atoms with E-state index in [-0.39, 0.29) is 0 Å². The van der Waals surface area contributed by atoms with Gasteiger partial charge in [-0.25, -0.2) is 4.98 Å². The smallest absolute Gasteiger partial charge is 0.182 e. The summed E-state index contributed by atoms with van der Waals surface area (Å²) in [6, 6.07) is 6.39. The van der Waals surface area contributed by atoms with Crippen molar-refractivity contribution in [2.24, 2.45) is 0 Å². The van der Waals surface area contributed by atoms with Crippen LogP contribution in [-0.2, 0) is 12.8 Å². The third-order valence-electron chi connectivity index (χ3n) is 2.89. The van der Waals surface area contributed by atoms with Gasteiger partial charge in [0.05, 0.1) is 7.11 Å². The Morgan fingerprint density at radius 1 is 1.39 bits per heavy atom. The molecule has 0 aliphatic carbocycles. The van der Waals surface area contributed by atoms with Crippen LogP contribution in [0.2, 0.25) is 0 Å². The number of rotatable bonds is 5. The number of hydrogen-bond acceptors (Lipinski definition) is 4. The Kier molecular flexibility index (Phi) is 4.20. The van der Waals surface area contributed by atoms with Crippen molar-refractivity contribution in [2.45, 2.75) is 19.8 Å². The average Bonchev–Trinajstić information content (AvgIpc) is 2.86. The van der Waals surface area contributed by atoms with E-state index in [9.17, 15) is 0 Å². The Morgan fingerprint density at radius 3 is 2.83 bits per heavy atom. The average molecular weight is 262 g/mol. The van der Waals surface area contributed by atoms with Crippen LogP contribution >= 0.6 is 11.3 Å². The number of hydrogen-bond donors (Lipinski definition) is 1. The number of aromatic nitrogens is 1. The molecule has 0 aliphatic rings. The Labute approximate surface area is 112 Å². The lowest BCUT2D eigenvalue weighted by Crippen LogP contribution is -1.94. The highest BCUT2D eigenvalue weighted by Gasteiger charge is 2.07. The quantitative estimate of drug-likeness (QED) is 0.897. The second kappa shape index (κ2) is 5.87. The minimum absolute atomic E-state index is 0.871. The predicted molar refractivity (Wildman–Crippen MR) is 76.8 cm³/mol. The topological polar surface area (TPSA) is 34.1 Å². The van der Waals surface area contributed by atoms with Crippen LogP contribution in [-0.4, -0.2) is 19.1 Å². The molecule has 4 heteroatoms. The third-order valence-corrected chi connectivity index (χ3v) is 3.90. The molecule has 0 saturated carbocycles. The van der Waals surface area contributed by atoms with Gasteiger partial charge in [0, 0.05) is 24.5 Å². The van der Waals surface area contributed by atoms with Crippen LogP contribution in [0.15, 0.2) is 24.4 Å². The molecule has 0 unspecified atom stereocenters. The van der Waals surface area contributed by atoms with Gasteiger partial charge in [0.2, 0.25) is 0 Å². The highest BCUT2D eigenvalue weighted by Crippen LogP contribution is 2.26. The SMILES string of the molecule is CCc1ccc(OC)c(Cc2cnc(NC)s2)c1. The molecule has 2 rings (SSSR count). The first kappa shape index (κ1) is 12.9. The molecule has 1 aromatic carbocycles. The molecule has 3 nitrogen and oxygen atoms in total. The number of aryl methyl sites for hydroxylation is 1. The van der Waals surface area contributed by atoms with E-state index in [0.29, 0.717) is 0 Å². The zero-order chi connectivity index (χ0) is 13.0. The van der Waals surface area contributed by atoms with Crippen molar-refractivity contribution in [1.29, 1.82) is 0 Å². The number of benzene rings is 1. The number of nitrogens with one attached hydrogen (secondary N) is 1. The van der Waals surface area contributed by atoms with Crippen molar-refractivity contribution in [1.82, 2.24) is 4.98 Å². The van der Waals surface area contributed by atoms with Crippen LogP contribution in [0.5, 0.6) is 5.75 Å². The van der Waals surface area contributed by atoms with Crippen LogP contribution in [0, 0.1) is 0 Å². The molecule has 96 valence electrons. The lowest BCUT2D eigenvalue weighted by molar-refractivity contribution is 0.410. The number of thiazole rings is 1. The standard InChI is InChI=1S/C14H18N2OS/c1-4-10-5-6-13(17-3)11(7-10)8-12-9-16-14(15-2)18-12/h5-7,9H,4,8H2,1-3H3,(H,15,16). The second-order valence-electron chi connectivity index (χ2n) is 4.06. The van der Waals surface area contributed by atoms with Crippen molar-refractivity contribution in [3.8, 4) is 5.75 Å². The highest BCUT2D eigenvalue weighted by atomic mass is 32.1. The first-order valence-corrected chi connectivity index (χ1v) is 6.86. The summed E-state index contributed by atoms with van der Waals surface area (Å²) >= 11 is 1.68. The van der Waals surface area contributed by atoms with Crippen LogP contribution in [0.3, 0.4) is 0 Å². The molecule has 0 radical (unpaired) electrons. The number of methoxy groups -OCH3 is 1. The zero-order valence-corrected chi connectivity index (χ0v) is 11.8. The van der Waals surface area contributed by atoms with Gasteiger partial charge in [-0.15, -0.1) is 11.3 Å². The van der Waals surface area contributed by atoms with Gasteiger partial charge in [-0.3, -0.25) is 0 Å². The number of ether oxygens (including phenoxy) is 1. The van der Waals surface area contributed by atoms with Crippen molar-refractivity contribution in [3.63, 3.8) is 0 Å². The molecule has 0 bridgehead atoms. The van der Waals surface area contributed by atoms with E-state index >= 15 is 0 Å². The summed E-state index contributed by atoms with van der Waals surface area (Å²) in [7, 11) is 3.61. The highest BCUT2D eigenvalue weighted by molar-refractivity contribution is 7.15. The van der Waals surface area contributed by atoms with E-state index in [1.54, 1.807) is 18.4 Å². The van der Waals surface area contributed by atoms with Crippen LogP contribution in [0.1, 0.15) is 22.9 Å². The van der Waals surface area contributed by atoms with Crippen molar-refractivity contribution < 1.29 is 4.74 Å². The van der Waals surface area contributed by atoms with Crippen molar-refractivity contribution in [2.75, 3.05) is 19.5 Å². The fraction of sp³-hybridized carbons (Fsp3) is 0.357. The van der Waals surface area contributed by atoms with Gasteiger partial charge in [-0.1, -0.05) is 19.1 Å². The Hall–Kier alpha value is -1.55. The van der Waals surface area contributed by atoms with Crippen LogP contribution < -0.4 is 10.1 Å². The summed E-state index contributed by atoms with van der Waals surface area (Å²) in [4.78, 5) is 5.54. The molecule has 0 amide bonds. The fourth-order valence-corrected chi connectivity index (χ4v) is 2.67. The molecule has 0 aliphatic heterocycles. The van der Waals surface area contributed by atoms with E-state index in [1.807, 2.05) is 19.3 Å². The maximum Gasteiger partial charge on any atom is 0.182 e. The van der Waals surface area contributed by atoms with Gasteiger partial charge in [0.25, 0.3) is 0 Å². The second-order valence-corrected chi connectivity index (χ2v) is 5.17. The molecule has 1 heterocycles. The summed E-state index contributed by atoms with van der Waals surface area (Å²) < 4.78 is 5.42. The van der Waals surface area contributed by atoms with Gasteiger partial charge >= 0.3 is 0 Å². The maximum absolute atomic E-state index is 5.42. The molecule has 1 aromatic heterocycles. The summed E-state index contributed by atoms with van der Waals surface area (Å²) in [5, 5.41) is 4.01. The van der Waals surface area contributed by atoms with Crippen LogP contribution in [0.25, 0.3) is 0 Å². The van der Waals surface area contributed by atoms with Crippen molar-refractivity contribution >= 4 is 16.5 Å². The van der Waals surface area contributed by atoms with E-state index in [0.717, 1.165) is 23.7 Å². The molecule has 0 saturated heterocycles. The summed E-state index contributed by atoms with van der Waals surface area (Å²) in [6.07, 6.45) is 3.84. The van der Waals surface area contributed by atoms with E-state index in [4.69, 9.17) is 4.74 Å². The molecular weight excluding hydrogens is 244 g/mol. The monoisotopic (exact) mass is 262 g/mol. The molecule has 0 atom stereocenters. The van der Waals surface area contributed by atoms with Gasteiger partial charge in [0.15, 0.2) is 5.13 Å². The lowest BCUT2D eigenvalue weighted by Gasteiger charge is -2.09. The van der Waals surface area contributed by atoms with Crippen LogP contribution in [0.4, 0.5) is 5.13 Å². The predicted octanol–water partition coefficient (Wildman–Crippen LogP) is 3.35. The lowest BCUT2D eigenvalue weighted by atomic mass is 10.0. The maximum atomic E-state index is 5.42. The summed E-state index contributed by atoms with van der Waals surface area (Å²) in [5.74, 6) is 0.951. The largest absolute Gasteiger partial charge is 0.496 e. The Morgan fingerprint density at radius 2 is 2.22 bits per heavy atom. The molecule has 1 N–H and O–H groups in total. The van der Waals surface area contributed by atoms with Crippen molar-refractivity contribution in [3.05, 3.63) is 40.4 Å². The molecule has 0 fully saturated rings. The van der Waals surface area contributed by atoms with E-state index in [2.05, 4.69) is 29.4 Å². The zero-order valence-electron chi connectivity index (χ0n) is 11.0. The normalized spacial score (nSPS) is 10.4. The van der Waals surface area contributed by atoms with E-state index < -0.39 is 0 Å². The molecule has 0 spiro atoms. The number of anilines is 1.